The van der Waals surface area contributed by atoms with Crippen LogP contribution in [-0.2, 0) is 9.47 Å². The Morgan fingerprint density at radius 1 is 1.11 bits per heavy atom. The van der Waals surface area contributed by atoms with Gasteiger partial charge in [-0.15, -0.1) is 0 Å². The van der Waals surface area contributed by atoms with Gasteiger partial charge in [0.05, 0.1) is 13.2 Å². The van der Waals surface area contributed by atoms with Crippen molar-refractivity contribution in [3.05, 3.63) is 24.3 Å². The van der Waals surface area contributed by atoms with Crippen LogP contribution >= 0.6 is 0 Å². The first-order valence-corrected chi connectivity index (χ1v) is 6.98. The van der Waals surface area contributed by atoms with Gasteiger partial charge >= 0.3 is 0 Å². The van der Waals surface area contributed by atoms with Crippen LogP contribution in [0.5, 0.6) is 11.5 Å². The molecule has 0 saturated carbocycles. The molecule has 4 nitrogen and oxygen atoms in total. The van der Waals surface area contributed by atoms with Gasteiger partial charge in [-0.05, 0) is 38.3 Å². The number of para-hydroxylation sites is 2. The Morgan fingerprint density at radius 2 is 1.89 bits per heavy atom. The molecule has 0 N–H and O–H groups in total. The third kappa shape index (κ3) is 4.73. The minimum absolute atomic E-state index is 0.0560. The lowest BCUT2D eigenvalue weighted by atomic mass is 10.2. The van der Waals surface area contributed by atoms with Crippen LogP contribution in [0.4, 0.5) is 0 Å². The van der Waals surface area contributed by atoms with Gasteiger partial charge in [0.1, 0.15) is 6.61 Å². The number of benzene rings is 1. The van der Waals surface area contributed by atoms with Crippen LogP contribution in [0.3, 0.4) is 0 Å². The fourth-order valence-corrected chi connectivity index (χ4v) is 2.02. The van der Waals surface area contributed by atoms with Crippen molar-refractivity contribution in [2.45, 2.75) is 32.5 Å². The highest BCUT2D eigenvalue weighted by Gasteiger charge is 2.13. The molecule has 0 amide bonds. The van der Waals surface area contributed by atoms with E-state index in [1.54, 1.807) is 0 Å². The molecule has 1 aromatic carbocycles. The summed E-state index contributed by atoms with van der Waals surface area (Å²) in [4.78, 5) is 0. The summed E-state index contributed by atoms with van der Waals surface area (Å²) in [6, 6.07) is 7.68. The summed E-state index contributed by atoms with van der Waals surface area (Å²) < 4.78 is 22.3. The van der Waals surface area contributed by atoms with Gasteiger partial charge in [-0.1, -0.05) is 12.1 Å². The van der Waals surface area contributed by atoms with Gasteiger partial charge in [-0.3, -0.25) is 0 Å². The Labute approximate surface area is 114 Å². The van der Waals surface area contributed by atoms with E-state index in [2.05, 4.69) is 0 Å². The van der Waals surface area contributed by atoms with Crippen molar-refractivity contribution in [2.24, 2.45) is 0 Å². The molecule has 1 atom stereocenters. The molecule has 1 aromatic rings. The molecule has 1 saturated heterocycles. The van der Waals surface area contributed by atoms with Crippen molar-refractivity contribution in [3.8, 4) is 11.5 Å². The van der Waals surface area contributed by atoms with Crippen molar-refractivity contribution < 1.29 is 18.9 Å². The number of hydrogen-bond acceptors (Lipinski definition) is 4. The Balaban J connectivity index is 1.70. The van der Waals surface area contributed by atoms with E-state index in [1.165, 1.54) is 6.42 Å². The summed E-state index contributed by atoms with van der Waals surface area (Å²) in [7, 11) is 0. The van der Waals surface area contributed by atoms with E-state index in [9.17, 15) is 0 Å². The minimum Gasteiger partial charge on any atom is -0.490 e. The molecule has 0 radical (unpaired) electrons. The van der Waals surface area contributed by atoms with Crippen LogP contribution in [0.2, 0.25) is 0 Å². The van der Waals surface area contributed by atoms with Gasteiger partial charge in [0, 0.05) is 6.61 Å². The summed E-state index contributed by atoms with van der Waals surface area (Å²) in [5.74, 6) is 1.54. The van der Waals surface area contributed by atoms with E-state index in [0.29, 0.717) is 19.8 Å². The first kappa shape index (κ1) is 14.2. The monoisotopic (exact) mass is 266 g/mol. The molecular formula is C15H22O4. The molecule has 0 aliphatic carbocycles. The standard InChI is InChI=1S/C15H22O4/c1-2-16-13-7-3-4-8-14(13)17-11-12-19-15-9-5-6-10-18-15/h3-4,7-8,15H,2,5-6,9-12H2,1H3/t15-/m0/s1. The Morgan fingerprint density at radius 3 is 2.58 bits per heavy atom. The second-order valence-corrected chi connectivity index (χ2v) is 4.40. The summed E-state index contributed by atoms with van der Waals surface area (Å²) in [5, 5.41) is 0. The number of rotatable bonds is 7. The second-order valence-electron chi connectivity index (χ2n) is 4.40. The third-order valence-electron chi connectivity index (χ3n) is 2.93. The molecule has 4 heteroatoms. The Bertz CT molecular complexity index is 361. The zero-order chi connectivity index (χ0) is 13.3. The van der Waals surface area contributed by atoms with Crippen molar-refractivity contribution in [1.82, 2.24) is 0 Å². The Hall–Kier alpha value is -1.26. The molecule has 1 aliphatic rings. The van der Waals surface area contributed by atoms with Crippen molar-refractivity contribution in [2.75, 3.05) is 26.4 Å². The predicted octanol–water partition coefficient (Wildman–Crippen LogP) is 3.01. The first-order chi connectivity index (χ1) is 9.40. The first-order valence-electron chi connectivity index (χ1n) is 6.98. The van der Waals surface area contributed by atoms with Crippen LogP contribution in [0.15, 0.2) is 24.3 Å². The van der Waals surface area contributed by atoms with E-state index in [-0.39, 0.29) is 6.29 Å². The third-order valence-corrected chi connectivity index (χ3v) is 2.93. The number of hydrogen-bond donors (Lipinski definition) is 0. The predicted molar refractivity (Wildman–Crippen MR) is 72.6 cm³/mol. The van der Waals surface area contributed by atoms with Crippen LogP contribution in [0.25, 0.3) is 0 Å². The van der Waals surface area contributed by atoms with Crippen molar-refractivity contribution in [1.29, 1.82) is 0 Å². The highest BCUT2D eigenvalue weighted by molar-refractivity contribution is 5.39. The van der Waals surface area contributed by atoms with Crippen molar-refractivity contribution in [3.63, 3.8) is 0 Å². The van der Waals surface area contributed by atoms with Crippen LogP contribution in [-0.4, -0.2) is 32.7 Å². The second kappa shape index (κ2) is 8.02. The molecule has 1 aliphatic heterocycles. The van der Waals surface area contributed by atoms with Crippen molar-refractivity contribution >= 4 is 0 Å². The number of ether oxygens (including phenoxy) is 4. The highest BCUT2D eigenvalue weighted by Crippen LogP contribution is 2.26. The van der Waals surface area contributed by atoms with Crippen LogP contribution in [0, 0.1) is 0 Å². The van der Waals surface area contributed by atoms with E-state index in [0.717, 1.165) is 30.9 Å². The fraction of sp³-hybridized carbons (Fsp3) is 0.600. The lowest BCUT2D eigenvalue weighted by molar-refractivity contribution is -0.165. The normalized spacial score (nSPS) is 19.1. The van der Waals surface area contributed by atoms with E-state index >= 15 is 0 Å². The molecule has 0 unspecified atom stereocenters. The van der Waals surface area contributed by atoms with E-state index in [4.69, 9.17) is 18.9 Å². The fourth-order valence-electron chi connectivity index (χ4n) is 2.02. The van der Waals surface area contributed by atoms with Gasteiger partial charge < -0.3 is 18.9 Å². The lowest BCUT2D eigenvalue weighted by Crippen LogP contribution is -2.24. The topological polar surface area (TPSA) is 36.9 Å². The van der Waals surface area contributed by atoms with Gasteiger partial charge in [0.2, 0.25) is 0 Å². The zero-order valence-corrected chi connectivity index (χ0v) is 11.5. The molecule has 1 heterocycles. The molecule has 0 aromatic heterocycles. The Kier molecular flexibility index (Phi) is 5.98. The van der Waals surface area contributed by atoms with E-state index < -0.39 is 0 Å². The van der Waals surface area contributed by atoms with Gasteiger partial charge in [-0.2, -0.15) is 0 Å². The maximum Gasteiger partial charge on any atom is 0.161 e. The minimum atomic E-state index is -0.0560. The largest absolute Gasteiger partial charge is 0.490 e. The van der Waals surface area contributed by atoms with Gasteiger partial charge in [0.15, 0.2) is 17.8 Å². The highest BCUT2D eigenvalue weighted by atomic mass is 16.7. The van der Waals surface area contributed by atoms with Gasteiger partial charge in [-0.25, -0.2) is 0 Å². The summed E-state index contributed by atoms with van der Waals surface area (Å²) in [5.41, 5.74) is 0. The average molecular weight is 266 g/mol. The van der Waals surface area contributed by atoms with Crippen LogP contribution in [0.1, 0.15) is 26.2 Å². The maximum absolute atomic E-state index is 5.68. The maximum atomic E-state index is 5.68. The molecule has 19 heavy (non-hydrogen) atoms. The van der Waals surface area contributed by atoms with E-state index in [1.807, 2.05) is 31.2 Å². The molecule has 0 bridgehead atoms. The average Bonchev–Trinajstić information content (AvgIpc) is 2.47. The molecule has 1 fully saturated rings. The van der Waals surface area contributed by atoms with Crippen LogP contribution < -0.4 is 9.47 Å². The molecule has 106 valence electrons. The van der Waals surface area contributed by atoms with Gasteiger partial charge in [0.25, 0.3) is 0 Å². The molecular weight excluding hydrogens is 244 g/mol. The zero-order valence-electron chi connectivity index (χ0n) is 11.5. The summed E-state index contributed by atoms with van der Waals surface area (Å²) in [6.45, 7) is 4.43. The quantitative estimate of drug-likeness (QED) is 0.711. The summed E-state index contributed by atoms with van der Waals surface area (Å²) in [6.07, 6.45) is 3.24. The molecule has 0 spiro atoms. The SMILES string of the molecule is CCOc1ccccc1OCCO[C@H]1CCCCO1. The smallest absolute Gasteiger partial charge is 0.161 e. The molecule has 2 rings (SSSR count). The summed E-state index contributed by atoms with van der Waals surface area (Å²) >= 11 is 0. The lowest BCUT2D eigenvalue weighted by Gasteiger charge is -2.22.